The van der Waals surface area contributed by atoms with Crippen LogP contribution in [-0.2, 0) is 20.0 Å². The van der Waals surface area contributed by atoms with Gasteiger partial charge in [0.2, 0.25) is 0 Å². The Hall–Kier alpha value is -0.830. The fourth-order valence-electron chi connectivity index (χ4n) is 1.48. The monoisotopic (exact) mass is 181 g/mol. The quantitative estimate of drug-likeness (QED) is 0.761. The lowest BCUT2D eigenvalue weighted by molar-refractivity contribution is 0.744. The van der Waals surface area contributed by atoms with Crippen LogP contribution in [0.1, 0.15) is 30.6 Å². The third kappa shape index (κ3) is 2.10. The van der Waals surface area contributed by atoms with E-state index >= 15 is 0 Å². The molecule has 0 aliphatic heterocycles. The summed E-state index contributed by atoms with van der Waals surface area (Å²) in [6.07, 6.45) is 2.23. The zero-order valence-corrected chi connectivity index (χ0v) is 9.02. The van der Waals surface area contributed by atoms with E-state index in [-0.39, 0.29) is 0 Å². The van der Waals surface area contributed by atoms with E-state index in [4.69, 9.17) is 0 Å². The van der Waals surface area contributed by atoms with E-state index in [1.165, 1.54) is 17.2 Å². The van der Waals surface area contributed by atoms with Gasteiger partial charge < -0.3 is 9.88 Å². The summed E-state index contributed by atoms with van der Waals surface area (Å²) in [6, 6.07) is 0. The van der Waals surface area contributed by atoms with Crippen molar-refractivity contribution in [1.82, 2.24) is 14.9 Å². The lowest BCUT2D eigenvalue weighted by atomic mass is 10.3. The fraction of sp³-hybridized carbons (Fsp3) is 0.700. The number of rotatable bonds is 4. The Bertz CT molecular complexity index is 249. The van der Waals surface area contributed by atoms with Crippen LogP contribution in [0.5, 0.6) is 0 Å². The second-order valence-corrected chi connectivity index (χ2v) is 3.40. The van der Waals surface area contributed by atoms with Crippen LogP contribution in [0, 0.1) is 6.92 Å². The maximum Gasteiger partial charge on any atom is 0.108 e. The molecular weight excluding hydrogens is 162 g/mol. The van der Waals surface area contributed by atoms with Crippen molar-refractivity contribution < 1.29 is 0 Å². The normalized spacial score (nSPS) is 10.8. The Morgan fingerprint density at radius 3 is 2.69 bits per heavy atom. The predicted molar refractivity (Wildman–Crippen MR) is 54.7 cm³/mol. The summed E-state index contributed by atoms with van der Waals surface area (Å²) in [4.78, 5) is 4.59. The first-order chi connectivity index (χ1) is 6.20. The summed E-state index contributed by atoms with van der Waals surface area (Å²) in [5.41, 5.74) is 2.45. The highest BCUT2D eigenvalue weighted by atomic mass is 15.1. The van der Waals surface area contributed by atoms with E-state index in [9.17, 15) is 0 Å². The van der Waals surface area contributed by atoms with Gasteiger partial charge in [-0.05, 0) is 20.4 Å². The Balaban J connectivity index is 2.90. The summed E-state index contributed by atoms with van der Waals surface area (Å²) in [6.45, 7) is 5.17. The number of hydrogen-bond donors (Lipinski definition) is 1. The maximum absolute atomic E-state index is 4.59. The van der Waals surface area contributed by atoms with Crippen molar-refractivity contribution >= 4 is 0 Å². The molecule has 0 amide bonds. The van der Waals surface area contributed by atoms with Crippen molar-refractivity contribution in [2.24, 2.45) is 7.05 Å². The van der Waals surface area contributed by atoms with Gasteiger partial charge in [-0.3, -0.25) is 0 Å². The molecule has 74 valence electrons. The van der Waals surface area contributed by atoms with Gasteiger partial charge in [0.1, 0.15) is 5.82 Å². The molecule has 0 atom stereocenters. The van der Waals surface area contributed by atoms with Gasteiger partial charge in [-0.25, -0.2) is 4.98 Å². The minimum Gasteiger partial charge on any atom is -0.335 e. The van der Waals surface area contributed by atoms with E-state index in [1.807, 2.05) is 7.05 Å². The van der Waals surface area contributed by atoms with Gasteiger partial charge in [-0.2, -0.15) is 0 Å². The minimum absolute atomic E-state index is 0.864. The van der Waals surface area contributed by atoms with Crippen molar-refractivity contribution in [2.45, 2.75) is 33.2 Å². The summed E-state index contributed by atoms with van der Waals surface area (Å²) < 4.78 is 2.19. The lowest BCUT2D eigenvalue weighted by Gasteiger charge is -2.00. The van der Waals surface area contributed by atoms with Gasteiger partial charge in [-0.15, -0.1) is 0 Å². The van der Waals surface area contributed by atoms with E-state index in [1.54, 1.807) is 0 Å². The molecule has 0 aliphatic rings. The largest absolute Gasteiger partial charge is 0.335 e. The minimum atomic E-state index is 0.864. The summed E-state index contributed by atoms with van der Waals surface area (Å²) in [5.74, 6) is 1.20. The third-order valence-electron chi connectivity index (χ3n) is 2.39. The highest BCUT2D eigenvalue weighted by Gasteiger charge is 2.08. The Kier molecular flexibility index (Phi) is 3.48. The van der Waals surface area contributed by atoms with Gasteiger partial charge in [0.05, 0.1) is 5.69 Å². The highest BCUT2D eigenvalue weighted by Crippen LogP contribution is 2.10. The first-order valence-corrected chi connectivity index (χ1v) is 4.86. The molecule has 1 N–H and O–H groups in total. The summed E-state index contributed by atoms with van der Waals surface area (Å²) in [5, 5.41) is 3.13. The second-order valence-electron chi connectivity index (χ2n) is 3.40. The number of nitrogens with zero attached hydrogens (tertiary/aromatic N) is 2. The molecule has 3 nitrogen and oxygen atoms in total. The predicted octanol–water partition coefficient (Wildman–Crippen LogP) is 1.40. The van der Waals surface area contributed by atoms with Crippen LogP contribution in [0.3, 0.4) is 0 Å². The highest BCUT2D eigenvalue weighted by molar-refractivity contribution is 5.15. The van der Waals surface area contributed by atoms with Crippen LogP contribution in [0.4, 0.5) is 0 Å². The summed E-state index contributed by atoms with van der Waals surface area (Å²) >= 11 is 0. The van der Waals surface area contributed by atoms with Crippen LogP contribution in [0.2, 0.25) is 0 Å². The molecule has 0 saturated carbocycles. The molecule has 0 aliphatic carbocycles. The van der Waals surface area contributed by atoms with Crippen LogP contribution in [0.25, 0.3) is 0 Å². The van der Waals surface area contributed by atoms with Crippen LogP contribution >= 0.6 is 0 Å². The van der Waals surface area contributed by atoms with E-state index in [2.05, 4.69) is 35.8 Å². The number of nitrogens with one attached hydrogen (secondary N) is 1. The van der Waals surface area contributed by atoms with Crippen molar-refractivity contribution in [3.63, 3.8) is 0 Å². The number of imidazole rings is 1. The lowest BCUT2D eigenvalue weighted by Crippen LogP contribution is -2.07. The Labute approximate surface area is 80.2 Å². The number of aromatic nitrogens is 2. The van der Waals surface area contributed by atoms with Gasteiger partial charge in [-0.1, -0.05) is 6.92 Å². The average Bonchev–Trinajstić information content (AvgIpc) is 2.36. The van der Waals surface area contributed by atoms with E-state index in [0.717, 1.165) is 19.4 Å². The smallest absolute Gasteiger partial charge is 0.108 e. The van der Waals surface area contributed by atoms with Crippen molar-refractivity contribution in [1.29, 1.82) is 0 Å². The maximum atomic E-state index is 4.59. The molecule has 3 heteroatoms. The van der Waals surface area contributed by atoms with E-state index < -0.39 is 0 Å². The van der Waals surface area contributed by atoms with Crippen molar-refractivity contribution in [2.75, 3.05) is 7.05 Å². The first-order valence-electron chi connectivity index (χ1n) is 4.86. The summed E-state index contributed by atoms with van der Waals surface area (Å²) in [7, 11) is 4.04. The van der Waals surface area contributed by atoms with Gasteiger partial charge in [0.25, 0.3) is 0 Å². The Morgan fingerprint density at radius 2 is 2.15 bits per heavy atom. The fourth-order valence-corrected chi connectivity index (χ4v) is 1.48. The first kappa shape index (κ1) is 10.3. The molecule has 0 fully saturated rings. The van der Waals surface area contributed by atoms with Gasteiger partial charge in [0, 0.05) is 25.7 Å². The molecule has 0 radical (unpaired) electrons. The standard InChI is InChI=1S/C10H19N3/c1-5-6-10-12-9(7-11-3)8(2)13(10)4/h11H,5-7H2,1-4H3. The number of hydrogen-bond acceptors (Lipinski definition) is 2. The molecule has 0 unspecified atom stereocenters. The molecule has 0 saturated heterocycles. The Morgan fingerprint density at radius 1 is 1.46 bits per heavy atom. The second kappa shape index (κ2) is 4.42. The van der Waals surface area contributed by atoms with Crippen molar-refractivity contribution in [3.05, 3.63) is 17.2 Å². The molecule has 1 heterocycles. The van der Waals surface area contributed by atoms with E-state index in [0.29, 0.717) is 0 Å². The molecule has 0 aromatic carbocycles. The zero-order chi connectivity index (χ0) is 9.84. The van der Waals surface area contributed by atoms with Crippen LogP contribution < -0.4 is 5.32 Å². The average molecular weight is 181 g/mol. The molecule has 13 heavy (non-hydrogen) atoms. The van der Waals surface area contributed by atoms with Gasteiger partial charge in [0.15, 0.2) is 0 Å². The topological polar surface area (TPSA) is 29.9 Å². The molecular formula is C10H19N3. The molecule has 1 rings (SSSR count). The molecule has 1 aromatic rings. The molecule has 0 bridgehead atoms. The van der Waals surface area contributed by atoms with Gasteiger partial charge >= 0.3 is 0 Å². The number of aryl methyl sites for hydroxylation is 1. The van der Waals surface area contributed by atoms with Crippen LogP contribution in [0.15, 0.2) is 0 Å². The third-order valence-corrected chi connectivity index (χ3v) is 2.39. The molecule has 1 aromatic heterocycles. The SMILES string of the molecule is CCCc1nc(CNC)c(C)n1C. The van der Waals surface area contributed by atoms with Crippen molar-refractivity contribution in [3.8, 4) is 0 Å². The zero-order valence-electron chi connectivity index (χ0n) is 9.02. The van der Waals surface area contributed by atoms with Crippen LogP contribution in [-0.4, -0.2) is 16.6 Å². The molecule has 0 spiro atoms.